The van der Waals surface area contributed by atoms with Gasteiger partial charge in [0.1, 0.15) is 0 Å². The van der Waals surface area contributed by atoms with Crippen molar-refractivity contribution in [3.8, 4) is 5.69 Å². The standard InChI is InChI=1S/C21H20N4O/c1-26-24-20-12-16(6-9-21(20)25-11-10-22-15-25)14-23-19-8-7-17-4-2-3-5-18(17)13-19/h2-13,15,23-24H,14H2,1H3. The van der Waals surface area contributed by atoms with Crippen molar-refractivity contribution >= 4 is 22.1 Å². The van der Waals surface area contributed by atoms with Gasteiger partial charge in [0.25, 0.3) is 0 Å². The van der Waals surface area contributed by atoms with Crippen LogP contribution in [-0.4, -0.2) is 16.7 Å². The molecule has 5 heteroatoms. The minimum Gasteiger partial charge on any atom is -0.381 e. The molecule has 0 aliphatic rings. The summed E-state index contributed by atoms with van der Waals surface area (Å²) in [5.74, 6) is 0. The lowest BCUT2D eigenvalue weighted by Gasteiger charge is -2.14. The monoisotopic (exact) mass is 344 g/mol. The Hall–Kier alpha value is -3.31. The summed E-state index contributed by atoms with van der Waals surface area (Å²) in [6, 6.07) is 21.0. The summed E-state index contributed by atoms with van der Waals surface area (Å²) in [5, 5.41) is 5.96. The van der Waals surface area contributed by atoms with Crippen molar-refractivity contribution in [1.29, 1.82) is 0 Å². The molecule has 0 saturated heterocycles. The van der Waals surface area contributed by atoms with Crippen LogP contribution in [0.3, 0.4) is 0 Å². The fourth-order valence-corrected chi connectivity index (χ4v) is 3.02. The van der Waals surface area contributed by atoms with Gasteiger partial charge in [0.05, 0.1) is 24.8 Å². The van der Waals surface area contributed by atoms with Gasteiger partial charge in [-0.05, 0) is 40.6 Å². The Kier molecular flexibility index (Phi) is 4.53. The molecule has 0 aliphatic heterocycles. The first kappa shape index (κ1) is 16.2. The average Bonchev–Trinajstić information content (AvgIpc) is 3.21. The van der Waals surface area contributed by atoms with Crippen LogP contribution in [0.15, 0.2) is 79.4 Å². The van der Waals surface area contributed by atoms with E-state index in [0.717, 1.165) is 29.2 Å². The molecule has 3 aromatic carbocycles. The summed E-state index contributed by atoms with van der Waals surface area (Å²) >= 11 is 0. The quantitative estimate of drug-likeness (QED) is 0.502. The van der Waals surface area contributed by atoms with Gasteiger partial charge in [0, 0.05) is 24.6 Å². The van der Waals surface area contributed by atoms with Gasteiger partial charge in [-0.25, -0.2) is 4.98 Å². The second-order valence-corrected chi connectivity index (χ2v) is 6.04. The molecule has 0 unspecified atom stereocenters. The first-order valence-corrected chi connectivity index (χ1v) is 8.46. The summed E-state index contributed by atoms with van der Waals surface area (Å²) in [6.07, 6.45) is 5.43. The molecule has 4 aromatic rings. The van der Waals surface area contributed by atoms with Crippen molar-refractivity contribution in [1.82, 2.24) is 9.55 Å². The van der Waals surface area contributed by atoms with E-state index in [-0.39, 0.29) is 0 Å². The van der Waals surface area contributed by atoms with Gasteiger partial charge in [-0.3, -0.25) is 10.3 Å². The number of nitrogens with zero attached hydrogens (tertiary/aromatic N) is 2. The van der Waals surface area contributed by atoms with Crippen molar-refractivity contribution < 1.29 is 4.84 Å². The molecule has 0 bridgehead atoms. The van der Waals surface area contributed by atoms with Gasteiger partial charge >= 0.3 is 0 Å². The molecule has 0 saturated carbocycles. The SMILES string of the molecule is CONc1cc(CNc2ccc3ccccc3c2)ccc1-n1ccnc1. The topological polar surface area (TPSA) is 51.1 Å². The number of aromatic nitrogens is 2. The number of nitrogens with one attached hydrogen (secondary N) is 2. The number of rotatable bonds is 6. The van der Waals surface area contributed by atoms with Crippen molar-refractivity contribution in [3.05, 3.63) is 84.9 Å². The van der Waals surface area contributed by atoms with Gasteiger partial charge < -0.3 is 9.88 Å². The molecule has 0 amide bonds. The third-order valence-corrected chi connectivity index (χ3v) is 4.30. The molecule has 26 heavy (non-hydrogen) atoms. The molecule has 0 fully saturated rings. The number of anilines is 2. The van der Waals surface area contributed by atoms with Crippen LogP contribution in [0.4, 0.5) is 11.4 Å². The van der Waals surface area contributed by atoms with Crippen LogP contribution in [0.2, 0.25) is 0 Å². The van der Waals surface area contributed by atoms with Crippen LogP contribution in [0.5, 0.6) is 0 Å². The van der Waals surface area contributed by atoms with Crippen LogP contribution in [0, 0.1) is 0 Å². The van der Waals surface area contributed by atoms with Gasteiger partial charge in [-0.1, -0.05) is 36.4 Å². The molecule has 4 rings (SSSR count). The number of imidazole rings is 1. The van der Waals surface area contributed by atoms with Crippen LogP contribution < -0.4 is 10.8 Å². The van der Waals surface area contributed by atoms with Gasteiger partial charge in [-0.15, -0.1) is 0 Å². The Bertz CT molecular complexity index is 1010. The fourth-order valence-electron chi connectivity index (χ4n) is 3.02. The second-order valence-electron chi connectivity index (χ2n) is 6.04. The maximum atomic E-state index is 5.13. The van der Waals surface area contributed by atoms with E-state index in [1.165, 1.54) is 10.8 Å². The van der Waals surface area contributed by atoms with E-state index in [1.807, 2.05) is 10.8 Å². The third kappa shape index (κ3) is 3.38. The lowest BCUT2D eigenvalue weighted by atomic mass is 10.1. The Balaban J connectivity index is 1.54. The molecule has 2 N–H and O–H groups in total. The van der Waals surface area contributed by atoms with Crippen molar-refractivity contribution in [2.24, 2.45) is 0 Å². The molecule has 0 spiro atoms. The van der Waals surface area contributed by atoms with E-state index in [1.54, 1.807) is 19.6 Å². The van der Waals surface area contributed by atoms with Gasteiger partial charge in [-0.2, -0.15) is 0 Å². The smallest absolute Gasteiger partial charge is 0.0992 e. The molecular weight excluding hydrogens is 324 g/mol. The third-order valence-electron chi connectivity index (χ3n) is 4.30. The summed E-state index contributed by atoms with van der Waals surface area (Å²) in [5.41, 5.74) is 7.08. The molecule has 0 radical (unpaired) electrons. The van der Waals surface area contributed by atoms with Crippen molar-refractivity contribution in [2.75, 3.05) is 17.9 Å². The van der Waals surface area contributed by atoms with Crippen molar-refractivity contribution in [3.63, 3.8) is 0 Å². The lowest BCUT2D eigenvalue weighted by Crippen LogP contribution is -2.05. The Labute approximate surface area is 152 Å². The lowest BCUT2D eigenvalue weighted by molar-refractivity contribution is 0.271. The van der Waals surface area contributed by atoms with E-state index in [2.05, 4.69) is 76.4 Å². The predicted molar refractivity (Wildman–Crippen MR) is 105 cm³/mol. The van der Waals surface area contributed by atoms with E-state index >= 15 is 0 Å². The average molecular weight is 344 g/mol. The Morgan fingerprint density at radius 1 is 1.00 bits per heavy atom. The van der Waals surface area contributed by atoms with Crippen molar-refractivity contribution in [2.45, 2.75) is 6.54 Å². The van der Waals surface area contributed by atoms with E-state index in [9.17, 15) is 0 Å². The maximum absolute atomic E-state index is 5.13. The molecule has 1 aromatic heterocycles. The van der Waals surface area contributed by atoms with E-state index in [4.69, 9.17) is 4.84 Å². The summed E-state index contributed by atoms with van der Waals surface area (Å²) in [7, 11) is 1.61. The molecule has 0 aliphatic carbocycles. The van der Waals surface area contributed by atoms with Crippen LogP contribution in [-0.2, 0) is 11.4 Å². The summed E-state index contributed by atoms with van der Waals surface area (Å²) < 4.78 is 1.95. The highest BCUT2D eigenvalue weighted by atomic mass is 16.6. The number of fused-ring (bicyclic) bond motifs is 1. The summed E-state index contributed by atoms with van der Waals surface area (Å²) in [6.45, 7) is 0.723. The van der Waals surface area contributed by atoms with Gasteiger partial charge in [0.15, 0.2) is 0 Å². The van der Waals surface area contributed by atoms with E-state index in [0.29, 0.717) is 0 Å². The predicted octanol–water partition coefficient (Wildman–Crippen LogP) is 4.61. The number of benzene rings is 3. The van der Waals surface area contributed by atoms with Crippen LogP contribution in [0.25, 0.3) is 16.5 Å². The minimum atomic E-state index is 0.723. The zero-order chi connectivity index (χ0) is 17.8. The highest BCUT2D eigenvalue weighted by molar-refractivity contribution is 5.85. The highest BCUT2D eigenvalue weighted by Gasteiger charge is 2.06. The molecule has 0 atom stereocenters. The molecule has 1 heterocycles. The fraction of sp³-hybridized carbons (Fsp3) is 0.0952. The van der Waals surface area contributed by atoms with Crippen LogP contribution >= 0.6 is 0 Å². The number of hydrogen-bond donors (Lipinski definition) is 2. The highest BCUT2D eigenvalue weighted by Crippen LogP contribution is 2.24. The zero-order valence-electron chi connectivity index (χ0n) is 14.5. The molecule has 5 nitrogen and oxygen atoms in total. The molecule has 130 valence electrons. The normalized spacial score (nSPS) is 10.8. The van der Waals surface area contributed by atoms with E-state index < -0.39 is 0 Å². The largest absolute Gasteiger partial charge is 0.381 e. The Morgan fingerprint density at radius 3 is 2.69 bits per heavy atom. The number of hydrogen-bond acceptors (Lipinski definition) is 4. The summed E-state index contributed by atoms with van der Waals surface area (Å²) in [4.78, 5) is 9.23. The maximum Gasteiger partial charge on any atom is 0.0992 e. The second kappa shape index (κ2) is 7.29. The minimum absolute atomic E-state index is 0.723. The molecular formula is C21H20N4O. The first-order chi connectivity index (χ1) is 12.8. The first-order valence-electron chi connectivity index (χ1n) is 8.46. The Morgan fingerprint density at radius 2 is 1.88 bits per heavy atom. The zero-order valence-corrected chi connectivity index (χ0v) is 14.5. The van der Waals surface area contributed by atoms with Crippen LogP contribution in [0.1, 0.15) is 5.56 Å². The van der Waals surface area contributed by atoms with Gasteiger partial charge in [0.2, 0.25) is 0 Å².